The summed E-state index contributed by atoms with van der Waals surface area (Å²) in [7, 11) is -2.96. The molecule has 0 fully saturated rings. The zero-order chi connectivity index (χ0) is 35.4. The fourth-order valence-corrected chi connectivity index (χ4v) is 11.2. The van der Waals surface area contributed by atoms with E-state index >= 15 is 0 Å². The maximum absolute atomic E-state index is 12.5. The number of thioether (sulfide) groups is 3. The molecule has 1 aromatic heterocycles. The average Bonchev–Trinajstić information content (AvgIpc) is 3.60. The van der Waals surface area contributed by atoms with Gasteiger partial charge >= 0.3 is 5.97 Å². The molecular weight excluding hydrogens is 749 g/mol. The van der Waals surface area contributed by atoms with Crippen LogP contribution in [0.5, 0.6) is 0 Å². The highest BCUT2D eigenvalue weighted by Crippen LogP contribution is 2.48. The van der Waals surface area contributed by atoms with E-state index in [9.17, 15) is 23.1 Å². The molecule has 2 aliphatic carbocycles. The number of aliphatic carboxylic acids is 2. The summed E-state index contributed by atoms with van der Waals surface area (Å²) in [5, 5.41) is 22.3. The Labute approximate surface area is 314 Å². The molecular formula is C36H38N2O6S6. The van der Waals surface area contributed by atoms with Crippen LogP contribution in [-0.2, 0) is 37.7 Å². The van der Waals surface area contributed by atoms with E-state index in [4.69, 9.17) is 5.11 Å². The zero-order valence-electron chi connectivity index (χ0n) is 27.8. The Balaban J connectivity index is 1.29. The molecule has 2 heterocycles. The van der Waals surface area contributed by atoms with Crippen LogP contribution in [0.3, 0.4) is 0 Å². The van der Waals surface area contributed by atoms with Gasteiger partial charge in [-0.05, 0) is 97.2 Å². The van der Waals surface area contributed by atoms with Crippen molar-refractivity contribution >= 4 is 102 Å². The third-order valence-corrected chi connectivity index (χ3v) is 15.0. The number of rotatable bonds is 14. The third kappa shape index (κ3) is 9.05. The van der Waals surface area contributed by atoms with Gasteiger partial charge in [0.05, 0.1) is 28.2 Å². The number of carbonyl (C=O) groups is 2. The van der Waals surface area contributed by atoms with Gasteiger partial charge in [-0.25, -0.2) is 0 Å². The van der Waals surface area contributed by atoms with Crippen molar-refractivity contribution in [1.82, 2.24) is 0 Å². The molecule has 2 aromatic carbocycles. The monoisotopic (exact) mass is 786 g/mol. The van der Waals surface area contributed by atoms with Crippen LogP contribution in [0.2, 0.25) is 0 Å². The van der Waals surface area contributed by atoms with Gasteiger partial charge in [0.2, 0.25) is 5.52 Å². The van der Waals surface area contributed by atoms with Gasteiger partial charge in [0.25, 0.3) is 5.01 Å². The first kappa shape index (κ1) is 37.1. The minimum Gasteiger partial charge on any atom is -0.549 e. The van der Waals surface area contributed by atoms with Crippen LogP contribution in [0, 0.1) is 5.92 Å². The lowest BCUT2D eigenvalue weighted by Gasteiger charge is -2.28. The van der Waals surface area contributed by atoms with E-state index in [0.29, 0.717) is 19.0 Å². The van der Waals surface area contributed by atoms with Gasteiger partial charge in [0.15, 0.2) is 6.54 Å². The van der Waals surface area contributed by atoms with E-state index in [1.54, 1.807) is 46.6 Å². The summed E-state index contributed by atoms with van der Waals surface area (Å²) < 4.78 is 28.2. The summed E-state index contributed by atoms with van der Waals surface area (Å²) in [6, 6.07) is 12.8. The minimum absolute atomic E-state index is 0.237. The first-order valence-corrected chi connectivity index (χ1v) is 23.3. The number of carboxylic acid groups (broad SMARTS) is 2. The van der Waals surface area contributed by atoms with E-state index in [1.165, 1.54) is 16.7 Å². The number of carboxylic acids is 2. The topological polar surface area (TPSA) is 119 Å². The number of thiazole rings is 1. The maximum Gasteiger partial charge on any atom is 0.316 e. The molecule has 8 nitrogen and oxygen atoms in total. The SMILES string of the molecule is CSc1ccc2c(c1)N(CCS(=O)CC(=O)O)/C(=C/C1=CC3=C/C(=C/c4sc5ccc(SC)cc5[n+]4CCS(=O)CC(=O)[O-])CCC3CC1)S2. The van der Waals surface area contributed by atoms with Crippen LogP contribution >= 0.6 is 46.6 Å². The van der Waals surface area contributed by atoms with Crippen LogP contribution in [0.1, 0.15) is 30.7 Å². The highest BCUT2D eigenvalue weighted by atomic mass is 32.2. The summed E-state index contributed by atoms with van der Waals surface area (Å²) >= 11 is 6.73. The third-order valence-electron chi connectivity index (χ3n) is 8.88. The molecule has 264 valence electrons. The molecule has 1 N–H and O–H groups in total. The molecule has 3 unspecified atom stereocenters. The summed E-state index contributed by atoms with van der Waals surface area (Å²) in [4.78, 5) is 27.8. The van der Waals surface area contributed by atoms with Crippen molar-refractivity contribution < 1.29 is 32.8 Å². The lowest BCUT2D eigenvalue weighted by molar-refractivity contribution is -0.664. The van der Waals surface area contributed by atoms with Crippen LogP contribution in [0.4, 0.5) is 5.69 Å². The number of fused-ring (bicyclic) bond motifs is 3. The number of carbonyl (C=O) groups excluding carboxylic acids is 1. The largest absolute Gasteiger partial charge is 0.549 e. The molecule has 3 aliphatic rings. The van der Waals surface area contributed by atoms with Crippen LogP contribution in [-0.4, -0.2) is 67.5 Å². The Bertz CT molecular complexity index is 2000. The predicted octanol–water partition coefficient (Wildman–Crippen LogP) is 5.86. The highest BCUT2D eigenvalue weighted by Gasteiger charge is 2.29. The van der Waals surface area contributed by atoms with Crippen molar-refractivity contribution in [2.24, 2.45) is 5.92 Å². The molecule has 0 radical (unpaired) electrons. The Hall–Kier alpha value is -2.62. The van der Waals surface area contributed by atoms with Crippen molar-refractivity contribution in [3.63, 3.8) is 0 Å². The number of hydrogen-bond donors (Lipinski definition) is 1. The Morgan fingerprint density at radius 2 is 1.74 bits per heavy atom. The van der Waals surface area contributed by atoms with Crippen molar-refractivity contribution in [3.05, 3.63) is 81.4 Å². The maximum atomic E-state index is 12.5. The normalized spacial score (nSPS) is 20.0. The van der Waals surface area contributed by atoms with Crippen LogP contribution in [0.15, 0.2) is 91.1 Å². The molecule has 1 aliphatic heterocycles. The molecule has 0 amide bonds. The smallest absolute Gasteiger partial charge is 0.316 e. The second-order valence-corrected chi connectivity index (χ2v) is 19.2. The molecule has 14 heteroatoms. The van der Waals surface area contributed by atoms with Gasteiger partial charge in [-0.2, -0.15) is 4.57 Å². The molecule has 3 aromatic rings. The van der Waals surface area contributed by atoms with Crippen molar-refractivity contribution in [1.29, 1.82) is 0 Å². The number of hydrogen-bond acceptors (Lipinski definition) is 10. The van der Waals surface area contributed by atoms with E-state index in [1.807, 2.05) is 12.5 Å². The molecule has 0 spiro atoms. The second kappa shape index (κ2) is 16.8. The number of anilines is 1. The van der Waals surface area contributed by atoms with Gasteiger partial charge in [-0.15, -0.1) is 23.5 Å². The number of aryl methyl sites for hydroxylation is 1. The van der Waals surface area contributed by atoms with Crippen molar-refractivity contribution in [3.8, 4) is 0 Å². The number of aromatic nitrogens is 1. The second-order valence-electron chi connectivity index (χ2n) is 12.2. The lowest BCUT2D eigenvalue weighted by atomic mass is 9.77. The summed E-state index contributed by atoms with van der Waals surface area (Å²) in [6.45, 7) is 0.927. The fraction of sp³-hybridized carbons (Fsp3) is 0.361. The summed E-state index contributed by atoms with van der Waals surface area (Å²) in [6.07, 6.45) is 17.3. The van der Waals surface area contributed by atoms with Gasteiger partial charge in [-0.1, -0.05) is 35.3 Å². The summed E-state index contributed by atoms with van der Waals surface area (Å²) in [5.74, 6) is -2.15. The first-order valence-electron chi connectivity index (χ1n) is 16.2. The van der Waals surface area contributed by atoms with E-state index in [-0.39, 0.29) is 17.3 Å². The number of benzene rings is 2. The Morgan fingerprint density at radius 1 is 1.00 bits per heavy atom. The average molecular weight is 787 g/mol. The molecule has 0 saturated heterocycles. The Kier molecular flexibility index (Phi) is 12.5. The molecule has 6 rings (SSSR count). The zero-order valence-corrected chi connectivity index (χ0v) is 32.7. The van der Waals surface area contributed by atoms with Gasteiger partial charge in [-0.3, -0.25) is 13.2 Å². The van der Waals surface area contributed by atoms with Gasteiger partial charge in [0, 0.05) is 60.7 Å². The van der Waals surface area contributed by atoms with Gasteiger partial charge < -0.3 is 19.9 Å². The molecule has 0 bridgehead atoms. The molecule has 50 heavy (non-hydrogen) atoms. The van der Waals surface area contributed by atoms with E-state index in [0.717, 1.165) is 66.3 Å². The summed E-state index contributed by atoms with van der Waals surface area (Å²) in [5.41, 5.74) is 5.91. The quantitative estimate of drug-likeness (QED) is 0.157. The van der Waals surface area contributed by atoms with Crippen LogP contribution < -0.4 is 14.6 Å². The first-order chi connectivity index (χ1) is 24.1. The van der Waals surface area contributed by atoms with E-state index in [2.05, 4.69) is 70.2 Å². The standard InChI is InChI=1S/C36H38N2O6S6/c1-45-27-7-9-31-29(19-27)37(11-13-49(43)21-35(39)40)33(47-31)17-23-3-5-25-6-4-24(16-26(25)15-23)18-34-38(12-14-50(44)22-36(41)42)30-20-28(46-2)8-10-32(30)48-34/h7-10,15-20,25H,3-6,11-14,21-22H2,1-2H3,(H-,39,40,41,42). The fourth-order valence-electron chi connectivity index (χ4n) is 6.45. The van der Waals surface area contributed by atoms with Crippen molar-refractivity contribution in [2.45, 2.75) is 46.9 Å². The number of allylic oxidation sites excluding steroid dienone is 6. The van der Waals surface area contributed by atoms with Crippen molar-refractivity contribution in [2.75, 3.05) is 47.0 Å². The highest BCUT2D eigenvalue weighted by molar-refractivity contribution is 8.03. The van der Waals surface area contributed by atoms with E-state index < -0.39 is 39.3 Å². The minimum atomic E-state index is -1.51. The molecule has 0 saturated carbocycles. The predicted molar refractivity (Wildman–Crippen MR) is 208 cm³/mol. The van der Waals surface area contributed by atoms with Crippen LogP contribution in [0.25, 0.3) is 16.3 Å². The lowest BCUT2D eigenvalue weighted by Crippen LogP contribution is -2.39. The Morgan fingerprint density at radius 3 is 2.50 bits per heavy atom. The number of nitrogens with zero attached hydrogens (tertiary/aromatic N) is 2. The van der Waals surface area contributed by atoms with Gasteiger partial charge in [0.1, 0.15) is 10.5 Å². The molecule has 3 atom stereocenters.